The number of H-pyrrole nitrogens is 1. The van der Waals surface area contributed by atoms with Gasteiger partial charge in [0.2, 0.25) is 0 Å². The zero-order valence-electron chi connectivity index (χ0n) is 10.4. The summed E-state index contributed by atoms with van der Waals surface area (Å²) in [4.78, 5) is 20.3. The lowest BCUT2D eigenvalue weighted by Gasteiger charge is -2.17. The Labute approximate surface area is 109 Å². The molecule has 18 heavy (non-hydrogen) atoms. The largest absolute Gasteiger partial charge is 0.310 e. The van der Waals surface area contributed by atoms with E-state index < -0.39 is 0 Å². The Bertz CT molecular complexity index is 671. The van der Waals surface area contributed by atoms with E-state index in [1.807, 2.05) is 26.8 Å². The second-order valence-electron chi connectivity index (χ2n) is 5.00. The Hall–Kier alpha value is -1.93. The van der Waals surface area contributed by atoms with Crippen molar-refractivity contribution in [3.63, 3.8) is 0 Å². The van der Waals surface area contributed by atoms with Crippen LogP contribution in [0.3, 0.4) is 0 Å². The number of aromatic amines is 1. The normalized spacial score (nSPS) is 11.2. The highest BCUT2D eigenvalue weighted by atomic mass is 32.1. The topological polar surface area (TPSA) is 69.5 Å². The highest BCUT2D eigenvalue weighted by molar-refractivity contribution is 7.15. The highest BCUT2D eigenvalue weighted by Crippen LogP contribution is 2.26. The number of rotatable bonds is 1. The zero-order chi connectivity index (χ0) is 13.3. The van der Waals surface area contributed by atoms with Gasteiger partial charge in [0.15, 0.2) is 0 Å². The van der Waals surface area contributed by atoms with Crippen LogP contribution < -0.4 is 5.56 Å². The Balaban J connectivity index is 2.56. The maximum atomic E-state index is 11.7. The monoisotopic (exact) mass is 259 g/mol. The molecule has 0 saturated carbocycles. The Morgan fingerprint density at radius 3 is 2.67 bits per heavy atom. The fourth-order valence-corrected chi connectivity index (χ4v) is 2.24. The van der Waals surface area contributed by atoms with Crippen molar-refractivity contribution in [2.45, 2.75) is 26.2 Å². The zero-order valence-corrected chi connectivity index (χ0v) is 11.3. The first-order valence-electron chi connectivity index (χ1n) is 5.52. The molecule has 0 unspecified atom stereocenters. The molecule has 0 radical (unpaired) electrons. The first kappa shape index (κ1) is 12.5. The van der Waals surface area contributed by atoms with Crippen LogP contribution in [0.2, 0.25) is 0 Å². The summed E-state index contributed by atoms with van der Waals surface area (Å²) >= 11 is 1.34. The van der Waals surface area contributed by atoms with Gasteiger partial charge in [-0.25, -0.2) is 4.98 Å². The minimum atomic E-state index is -0.218. The third-order valence-electron chi connectivity index (χ3n) is 2.42. The lowest BCUT2D eigenvalue weighted by atomic mass is 9.95. The Morgan fingerprint density at radius 1 is 1.39 bits per heavy atom. The van der Waals surface area contributed by atoms with Crippen LogP contribution in [0.1, 0.15) is 31.5 Å². The summed E-state index contributed by atoms with van der Waals surface area (Å²) in [5.41, 5.74) is 0.233. The maximum Gasteiger partial charge on any atom is 0.251 e. The minimum Gasteiger partial charge on any atom is -0.310 e. The third-order valence-corrected chi connectivity index (χ3v) is 3.43. The van der Waals surface area contributed by atoms with Crippen LogP contribution in [0.15, 0.2) is 23.0 Å². The average molecular weight is 259 g/mol. The maximum absolute atomic E-state index is 11.7. The first-order valence-corrected chi connectivity index (χ1v) is 6.34. The molecule has 0 aliphatic carbocycles. The molecular formula is C13H13N3OS. The van der Waals surface area contributed by atoms with E-state index in [2.05, 4.69) is 16.0 Å². The summed E-state index contributed by atoms with van der Waals surface area (Å²) in [6.07, 6.45) is 0. The predicted octanol–water partition coefficient (Wildman–Crippen LogP) is 2.67. The molecule has 0 saturated heterocycles. The Kier molecular flexibility index (Phi) is 3.05. The molecule has 92 valence electrons. The van der Waals surface area contributed by atoms with Gasteiger partial charge >= 0.3 is 0 Å². The summed E-state index contributed by atoms with van der Waals surface area (Å²) < 4.78 is 0. The number of hydrogen-bond donors (Lipinski definition) is 1. The number of nitriles is 1. The number of thiophene rings is 1. The van der Waals surface area contributed by atoms with Gasteiger partial charge in [0.05, 0.1) is 10.6 Å². The first-order chi connectivity index (χ1) is 8.40. The van der Waals surface area contributed by atoms with E-state index in [1.165, 1.54) is 17.4 Å². The van der Waals surface area contributed by atoms with Gasteiger partial charge in [-0.15, -0.1) is 11.3 Å². The molecule has 0 aliphatic heterocycles. The summed E-state index contributed by atoms with van der Waals surface area (Å²) in [6.45, 7) is 5.97. The summed E-state index contributed by atoms with van der Waals surface area (Å²) in [5.74, 6) is 0.650. The van der Waals surface area contributed by atoms with Crippen LogP contribution in [0.4, 0.5) is 0 Å². The lowest BCUT2D eigenvalue weighted by molar-refractivity contribution is 0.543. The van der Waals surface area contributed by atoms with Gasteiger partial charge in [-0.1, -0.05) is 20.8 Å². The van der Waals surface area contributed by atoms with E-state index in [9.17, 15) is 4.79 Å². The molecular weight excluding hydrogens is 246 g/mol. The summed E-state index contributed by atoms with van der Waals surface area (Å²) in [7, 11) is 0. The summed E-state index contributed by atoms with van der Waals surface area (Å²) in [6, 6.07) is 7.09. The van der Waals surface area contributed by atoms with Gasteiger partial charge in [-0.05, 0) is 12.1 Å². The van der Waals surface area contributed by atoms with Gasteiger partial charge in [0.25, 0.3) is 5.56 Å². The SMILES string of the molecule is CC(C)(C)c1nc(-c2ccc(C#N)s2)cc(=O)[nH]1. The van der Waals surface area contributed by atoms with Gasteiger partial charge in [-0.3, -0.25) is 4.79 Å². The van der Waals surface area contributed by atoms with Crippen molar-refractivity contribution in [3.05, 3.63) is 39.3 Å². The van der Waals surface area contributed by atoms with Crippen LogP contribution in [0.25, 0.3) is 10.6 Å². The van der Waals surface area contributed by atoms with Crippen molar-refractivity contribution in [2.75, 3.05) is 0 Å². The van der Waals surface area contributed by atoms with Crippen molar-refractivity contribution in [1.29, 1.82) is 5.26 Å². The van der Waals surface area contributed by atoms with Crippen LogP contribution in [-0.2, 0) is 5.41 Å². The van der Waals surface area contributed by atoms with Crippen molar-refractivity contribution in [3.8, 4) is 16.6 Å². The molecule has 2 aromatic heterocycles. The molecule has 4 nitrogen and oxygen atoms in total. The second kappa shape index (κ2) is 4.39. The summed E-state index contributed by atoms with van der Waals surface area (Å²) in [5, 5.41) is 8.81. The molecule has 2 aromatic rings. The Morgan fingerprint density at radius 2 is 2.11 bits per heavy atom. The van der Waals surface area contributed by atoms with Crippen LogP contribution >= 0.6 is 11.3 Å². The predicted molar refractivity (Wildman–Crippen MR) is 71.6 cm³/mol. The second-order valence-corrected chi connectivity index (χ2v) is 6.09. The quantitative estimate of drug-likeness (QED) is 0.856. The molecule has 1 N–H and O–H groups in total. The third kappa shape index (κ3) is 2.49. The molecule has 0 amide bonds. The van der Waals surface area contributed by atoms with Crippen molar-refractivity contribution >= 4 is 11.3 Å². The molecule has 5 heteroatoms. The van der Waals surface area contributed by atoms with E-state index in [1.54, 1.807) is 6.07 Å². The van der Waals surface area contributed by atoms with E-state index in [4.69, 9.17) is 5.26 Å². The molecule has 0 spiro atoms. The van der Waals surface area contributed by atoms with Crippen molar-refractivity contribution < 1.29 is 0 Å². The molecule has 2 heterocycles. The molecule has 2 rings (SSSR count). The lowest BCUT2D eigenvalue weighted by Crippen LogP contribution is -2.21. The van der Waals surface area contributed by atoms with E-state index in [0.717, 1.165) is 4.88 Å². The van der Waals surface area contributed by atoms with Crippen LogP contribution in [-0.4, -0.2) is 9.97 Å². The molecule has 0 bridgehead atoms. The van der Waals surface area contributed by atoms with E-state index >= 15 is 0 Å². The number of nitrogens with zero attached hydrogens (tertiary/aromatic N) is 2. The van der Waals surface area contributed by atoms with Gasteiger partial charge in [0, 0.05) is 11.5 Å². The smallest absolute Gasteiger partial charge is 0.251 e. The van der Waals surface area contributed by atoms with E-state index in [-0.39, 0.29) is 11.0 Å². The molecule has 0 fully saturated rings. The number of nitrogens with one attached hydrogen (secondary N) is 1. The van der Waals surface area contributed by atoms with Crippen LogP contribution in [0.5, 0.6) is 0 Å². The molecule has 0 aromatic carbocycles. The van der Waals surface area contributed by atoms with Gasteiger partial charge in [-0.2, -0.15) is 5.26 Å². The van der Waals surface area contributed by atoms with Crippen molar-refractivity contribution in [2.24, 2.45) is 0 Å². The van der Waals surface area contributed by atoms with Gasteiger partial charge in [0.1, 0.15) is 16.8 Å². The molecule has 0 atom stereocenters. The minimum absolute atomic E-state index is 0.170. The fraction of sp³-hybridized carbons (Fsp3) is 0.308. The van der Waals surface area contributed by atoms with Crippen molar-refractivity contribution in [1.82, 2.24) is 9.97 Å². The standard InChI is InChI=1S/C13H13N3OS/c1-13(2,3)12-15-9(6-11(17)16-12)10-5-4-8(7-14)18-10/h4-6H,1-3H3,(H,15,16,17). The fourth-order valence-electron chi connectivity index (χ4n) is 1.47. The highest BCUT2D eigenvalue weighted by Gasteiger charge is 2.18. The average Bonchev–Trinajstić information content (AvgIpc) is 2.75. The van der Waals surface area contributed by atoms with Crippen LogP contribution in [0, 0.1) is 11.3 Å². The van der Waals surface area contributed by atoms with Gasteiger partial charge < -0.3 is 4.98 Å². The number of aromatic nitrogens is 2. The number of hydrogen-bond acceptors (Lipinski definition) is 4. The molecule has 0 aliphatic rings. The van der Waals surface area contributed by atoms with E-state index in [0.29, 0.717) is 16.4 Å².